The molecule has 0 saturated carbocycles. The Kier molecular flexibility index (Phi) is 5.27. The van der Waals surface area contributed by atoms with Crippen LogP contribution in [0.25, 0.3) is 0 Å². The van der Waals surface area contributed by atoms with Crippen molar-refractivity contribution in [3.8, 4) is 5.75 Å². The van der Waals surface area contributed by atoms with Crippen molar-refractivity contribution >= 4 is 16.8 Å². The number of benzene rings is 1. The summed E-state index contributed by atoms with van der Waals surface area (Å²) in [5.74, 6) is -1.40. The van der Waals surface area contributed by atoms with E-state index >= 15 is 0 Å². The van der Waals surface area contributed by atoms with E-state index in [2.05, 4.69) is 0 Å². The molecule has 0 bridgehead atoms. The molecule has 0 heterocycles. The molecule has 1 rings (SSSR count). The third-order valence-corrected chi connectivity index (χ3v) is 4.29. The number of ether oxygens (including phenoxy) is 1. The number of carboxylic acid groups (broad SMARTS) is 1. The average Bonchev–Trinajstić information content (AvgIpc) is 2.32. The second-order valence-electron chi connectivity index (χ2n) is 3.72. The quantitative estimate of drug-likeness (QED) is 0.861. The van der Waals surface area contributed by atoms with Gasteiger partial charge in [0.1, 0.15) is 16.8 Å². The second kappa shape index (κ2) is 6.49. The molecule has 0 aliphatic rings. The first-order chi connectivity index (χ1) is 8.49. The molecule has 1 aromatic rings. The van der Waals surface area contributed by atoms with E-state index in [-0.39, 0.29) is 17.7 Å². The zero-order chi connectivity index (χ0) is 13.7. The highest BCUT2D eigenvalue weighted by molar-refractivity contribution is 7.85. The van der Waals surface area contributed by atoms with E-state index in [1.54, 1.807) is 13.0 Å². The van der Waals surface area contributed by atoms with Crippen LogP contribution in [0.1, 0.15) is 18.9 Å². The number of aliphatic carboxylic acids is 1. The number of hydrogen-bond acceptors (Lipinski definition) is 3. The molecule has 1 aromatic carbocycles. The first-order valence-corrected chi connectivity index (χ1v) is 6.80. The molecular weight excluding hydrogens is 259 g/mol. The predicted molar refractivity (Wildman–Crippen MR) is 66.5 cm³/mol. The Morgan fingerprint density at radius 2 is 2.22 bits per heavy atom. The second-order valence-corrected chi connectivity index (χ2v) is 5.34. The summed E-state index contributed by atoms with van der Waals surface area (Å²) in [5.41, 5.74) is 0.230. The smallest absolute Gasteiger partial charge is 0.319 e. The lowest BCUT2D eigenvalue weighted by Crippen LogP contribution is -2.25. The summed E-state index contributed by atoms with van der Waals surface area (Å²) in [5, 5.41) is 7.90. The van der Waals surface area contributed by atoms with E-state index in [4.69, 9.17) is 9.84 Å². The van der Waals surface area contributed by atoms with Crippen LogP contribution in [0.5, 0.6) is 5.75 Å². The lowest BCUT2D eigenvalue weighted by molar-refractivity contribution is -0.136. The van der Waals surface area contributed by atoms with Gasteiger partial charge >= 0.3 is 5.97 Å². The van der Waals surface area contributed by atoms with Crippen LogP contribution in [-0.4, -0.2) is 27.6 Å². The zero-order valence-corrected chi connectivity index (χ0v) is 11.0. The van der Waals surface area contributed by atoms with Crippen molar-refractivity contribution in [1.82, 2.24) is 0 Å². The lowest BCUT2D eigenvalue weighted by atomic mass is 10.2. The van der Waals surface area contributed by atoms with E-state index < -0.39 is 27.8 Å². The summed E-state index contributed by atoms with van der Waals surface area (Å²) in [6, 6.07) is 4.20. The molecule has 0 spiro atoms. The maximum atomic E-state index is 13.6. The van der Waals surface area contributed by atoms with E-state index in [0.29, 0.717) is 5.75 Å². The zero-order valence-electron chi connectivity index (χ0n) is 10.2. The molecule has 2 atom stereocenters. The minimum Gasteiger partial charge on any atom is -0.497 e. The van der Waals surface area contributed by atoms with Gasteiger partial charge in [-0.25, -0.2) is 4.39 Å². The van der Waals surface area contributed by atoms with Gasteiger partial charge in [-0.2, -0.15) is 0 Å². The van der Waals surface area contributed by atoms with Gasteiger partial charge in [-0.3, -0.25) is 9.00 Å². The fourth-order valence-corrected chi connectivity index (χ4v) is 2.84. The standard InChI is InChI=1S/C12H15FO4S/c1-3-11(12(14)15)18(16)7-8-4-5-9(17-2)6-10(8)13/h4-6,11H,3,7H2,1-2H3,(H,14,15). The summed E-state index contributed by atoms with van der Waals surface area (Å²) in [6.07, 6.45) is 0.250. The van der Waals surface area contributed by atoms with Crippen molar-refractivity contribution in [3.05, 3.63) is 29.6 Å². The largest absolute Gasteiger partial charge is 0.497 e. The van der Waals surface area contributed by atoms with Crippen LogP contribution < -0.4 is 4.74 Å². The van der Waals surface area contributed by atoms with Crippen molar-refractivity contribution in [1.29, 1.82) is 0 Å². The third kappa shape index (κ3) is 3.53. The number of halogens is 1. The SMILES string of the molecule is CCC(C(=O)O)S(=O)Cc1ccc(OC)cc1F. The molecule has 0 aromatic heterocycles. The van der Waals surface area contributed by atoms with E-state index in [1.807, 2.05) is 0 Å². The first kappa shape index (κ1) is 14.6. The van der Waals surface area contributed by atoms with Crippen LogP contribution >= 0.6 is 0 Å². The molecule has 0 saturated heterocycles. The van der Waals surface area contributed by atoms with Gasteiger partial charge in [0.05, 0.1) is 12.9 Å². The van der Waals surface area contributed by atoms with Gasteiger partial charge in [0.15, 0.2) is 0 Å². The minimum atomic E-state index is -1.64. The highest BCUT2D eigenvalue weighted by Gasteiger charge is 2.23. The van der Waals surface area contributed by atoms with Gasteiger partial charge in [0.2, 0.25) is 0 Å². The Bertz CT molecular complexity index is 461. The van der Waals surface area contributed by atoms with E-state index in [9.17, 15) is 13.4 Å². The molecule has 6 heteroatoms. The molecule has 4 nitrogen and oxygen atoms in total. The summed E-state index contributed by atoms with van der Waals surface area (Å²) in [6.45, 7) is 1.64. The van der Waals surface area contributed by atoms with E-state index in [0.717, 1.165) is 0 Å². The van der Waals surface area contributed by atoms with Crippen LogP contribution in [0.2, 0.25) is 0 Å². The van der Waals surface area contributed by atoms with Gasteiger partial charge in [0.25, 0.3) is 0 Å². The fourth-order valence-electron chi connectivity index (χ4n) is 1.50. The van der Waals surface area contributed by atoms with Crippen molar-refractivity contribution in [2.45, 2.75) is 24.3 Å². The highest BCUT2D eigenvalue weighted by Crippen LogP contribution is 2.19. The van der Waals surface area contributed by atoms with E-state index in [1.165, 1.54) is 19.2 Å². The summed E-state index contributed by atoms with van der Waals surface area (Å²) in [7, 11) is -0.217. The molecule has 0 amide bonds. The van der Waals surface area contributed by atoms with Gasteiger partial charge in [-0.1, -0.05) is 13.0 Å². The molecule has 0 aliphatic heterocycles. The molecular formula is C12H15FO4S. The summed E-state index contributed by atoms with van der Waals surface area (Å²) in [4.78, 5) is 10.8. The Morgan fingerprint density at radius 1 is 1.56 bits per heavy atom. The maximum Gasteiger partial charge on any atom is 0.319 e. The molecule has 0 aliphatic carbocycles. The van der Waals surface area contributed by atoms with Crippen molar-refractivity contribution < 1.29 is 23.2 Å². The Labute approximate surface area is 107 Å². The Balaban J connectivity index is 2.84. The number of carboxylic acids is 1. The number of carbonyl (C=O) groups is 1. The van der Waals surface area contributed by atoms with Crippen molar-refractivity contribution in [2.24, 2.45) is 0 Å². The van der Waals surface area contributed by atoms with Crippen molar-refractivity contribution in [2.75, 3.05) is 7.11 Å². The Hall–Kier alpha value is -1.43. The molecule has 0 radical (unpaired) electrons. The number of methoxy groups -OCH3 is 1. The summed E-state index contributed by atoms with van der Waals surface area (Å²) >= 11 is 0. The normalized spacial score (nSPS) is 13.9. The van der Waals surface area contributed by atoms with Crippen LogP contribution in [-0.2, 0) is 21.3 Å². The number of hydrogen-bond donors (Lipinski definition) is 1. The molecule has 18 heavy (non-hydrogen) atoms. The van der Waals surface area contributed by atoms with Gasteiger partial charge < -0.3 is 9.84 Å². The molecule has 1 N–H and O–H groups in total. The Morgan fingerprint density at radius 3 is 2.67 bits per heavy atom. The molecule has 100 valence electrons. The monoisotopic (exact) mass is 274 g/mol. The molecule has 0 fully saturated rings. The number of rotatable bonds is 6. The van der Waals surface area contributed by atoms with Crippen LogP contribution in [0.15, 0.2) is 18.2 Å². The van der Waals surface area contributed by atoms with Crippen LogP contribution in [0.4, 0.5) is 4.39 Å². The topological polar surface area (TPSA) is 63.6 Å². The van der Waals surface area contributed by atoms with Crippen molar-refractivity contribution in [3.63, 3.8) is 0 Å². The average molecular weight is 274 g/mol. The maximum absolute atomic E-state index is 13.6. The van der Waals surface area contributed by atoms with Gasteiger partial charge in [-0.05, 0) is 12.5 Å². The van der Waals surface area contributed by atoms with Gasteiger partial charge in [-0.15, -0.1) is 0 Å². The lowest BCUT2D eigenvalue weighted by Gasteiger charge is -2.10. The van der Waals surface area contributed by atoms with Crippen LogP contribution in [0, 0.1) is 5.82 Å². The van der Waals surface area contributed by atoms with Crippen LogP contribution in [0.3, 0.4) is 0 Å². The highest BCUT2D eigenvalue weighted by atomic mass is 32.2. The first-order valence-electron chi connectivity index (χ1n) is 5.42. The summed E-state index contributed by atoms with van der Waals surface area (Å²) < 4.78 is 30.3. The third-order valence-electron chi connectivity index (χ3n) is 2.52. The minimum absolute atomic E-state index is 0.110. The van der Waals surface area contributed by atoms with Gasteiger partial charge in [0, 0.05) is 22.4 Å². The molecule has 2 unspecified atom stereocenters. The predicted octanol–water partition coefficient (Wildman–Crippen LogP) is 1.95. The fraction of sp³-hybridized carbons (Fsp3) is 0.417.